The first-order valence-corrected chi connectivity index (χ1v) is 13.8. The minimum absolute atomic E-state index is 0.0610. The number of amides is 1. The number of alkyl carbamates (subject to hydrolysis) is 1. The third-order valence-electron chi connectivity index (χ3n) is 6.78. The quantitative estimate of drug-likeness (QED) is 0.374. The fraction of sp³-hybridized carbons (Fsp3) is 0.633. The maximum Gasteiger partial charge on any atom is 0.408 e. The molecule has 1 fully saturated rings. The van der Waals surface area contributed by atoms with Crippen LogP contribution in [0.3, 0.4) is 0 Å². The number of nitrogens with one attached hydrogen (secondary N) is 1. The molecule has 2 aromatic rings. The van der Waals surface area contributed by atoms with E-state index in [1.165, 1.54) is 19.3 Å². The van der Waals surface area contributed by atoms with Crippen LogP contribution in [0.15, 0.2) is 24.3 Å². The molecule has 0 unspecified atom stereocenters. The minimum Gasteiger partial charge on any atom is -0.496 e. The van der Waals surface area contributed by atoms with Crippen LogP contribution < -0.4 is 14.8 Å². The van der Waals surface area contributed by atoms with Gasteiger partial charge in [0.25, 0.3) is 0 Å². The summed E-state index contributed by atoms with van der Waals surface area (Å²) in [7, 11) is 3.26. The first-order chi connectivity index (χ1) is 18.0. The van der Waals surface area contributed by atoms with Crippen molar-refractivity contribution < 1.29 is 23.8 Å². The number of hydrogen-bond donors (Lipinski definition) is 1. The molecule has 1 heterocycles. The number of ether oxygens (including phenoxy) is 3. The van der Waals surface area contributed by atoms with Crippen LogP contribution in [0, 0.1) is 11.8 Å². The van der Waals surface area contributed by atoms with Crippen molar-refractivity contribution >= 4 is 11.9 Å². The van der Waals surface area contributed by atoms with Gasteiger partial charge in [-0.2, -0.15) is 5.10 Å². The number of methoxy groups -OCH3 is 2. The average molecular weight is 528 g/mol. The van der Waals surface area contributed by atoms with E-state index in [0.29, 0.717) is 42.0 Å². The third kappa shape index (κ3) is 8.23. The van der Waals surface area contributed by atoms with Gasteiger partial charge in [-0.05, 0) is 57.2 Å². The highest BCUT2D eigenvalue weighted by molar-refractivity contribution is 5.89. The van der Waals surface area contributed by atoms with Crippen LogP contribution in [0.25, 0.3) is 11.3 Å². The van der Waals surface area contributed by atoms with Crippen LogP contribution in [-0.4, -0.2) is 47.5 Å². The van der Waals surface area contributed by atoms with Gasteiger partial charge in [0.05, 0.1) is 43.6 Å². The Morgan fingerprint density at radius 1 is 1.08 bits per heavy atom. The summed E-state index contributed by atoms with van der Waals surface area (Å²) >= 11 is 0. The Hall–Kier alpha value is -3.03. The second-order valence-corrected chi connectivity index (χ2v) is 11.7. The van der Waals surface area contributed by atoms with E-state index in [1.807, 2.05) is 49.7 Å². The van der Waals surface area contributed by atoms with Crippen LogP contribution in [0.1, 0.15) is 78.8 Å². The summed E-state index contributed by atoms with van der Waals surface area (Å²) in [5.74, 6) is 2.04. The molecule has 0 bridgehead atoms. The van der Waals surface area contributed by atoms with Gasteiger partial charge in [-0.15, -0.1) is 0 Å². The van der Waals surface area contributed by atoms with Crippen LogP contribution in [0.4, 0.5) is 4.79 Å². The highest BCUT2D eigenvalue weighted by atomic mass is 16.6. The van der Waals surface area contributed by atoms with Crippen LogP contribution in [-0.2, 0) is 22.5 Å². The number of Topliss-reactive ketones (excluding diaryl/α,β-unsaturated/α-hetero) is 1. The first kappa shape index (κ1) is 29.5. The van der Waals surface area contributed by atoms with Crippen molar-refractivity contribution in [2.75, 3.05) is 14.2 Å². The van der Waals surface area contributed by atoms with Crippen molar-refractivity contribution in [2.45, 2.75) is 97.8 Å². The van der Waals surface area contributed by atoms with Gasteiger partial charge in [-0.3, -0.25) is 9.48 Å². The highest BCUT2D eigenvalue weighted by Crippen LogP contribution is 2.39. The fourth-order valence-corrected chi connectivity index (χ4v) is 5.12. The predicted octanol–water partition coefficient (Wildman–Crippen LogP) is 6.20. The summed E-state index contributed by atoms with van der Waals surface area (Å²) in [6, 6.07) is 6.98. The van der Waals surface area contributed by atoms with E-state index >= 15 is 0 Å². The van der Waals surface area contributed by atoms with E-state index in [-0.39, 0.29) is 12.2 Å². The molecule has 3 rings (SSSR count). The Labute approximate surface area is 227 Å². The van der Waals surface area contributed by atoms with Gasteiger partial charge < -0.3 is 19.5 Å². The molecule has 1 amide bonds. The summed E-state index contributed by atoms with van der Waals surface area (Å²) in [6.45, 7) is 10.4. The highest BCUT2D eigenvalue weighted by Gasteiger charge is 2.29. The molecule has 1 aliphatic carbocycles. The first-order valence-electron chi connectivity index (χ1n) is 13.8. The number of nitrogens with zero attached hydrogens (tertiary/aromatic N) is 2. The molecule has 0 spiro atoms. The van der Waals surface area contributed by atoms with Gasteiger partial charge in [0, 0.05) is 6.54 Å². The molecule has 0 saturated heterocycles. The molecule has 1 N–H and O–H groups in total. The molecular weight excluding hydrogens is 482 g/mol. The number of carbonyl (C=O) groups is 2. The Bertz CT molecular complexity index is 1060. The Morgan fingerprint density at radius 3 is 2.26 bits per heavy atom. The lowest BCUT2D eigenvalue weighted by atomic mass is 9.83. The van der Waals surface area contributed by atoms with Crippen LogP contribution >= 0.6 is 0 Å². The van der Waals surface area contributed by atoms with Gasteiger partial charge in [-0.1, -0.05) is 52.0 Å². The fourth-order valence-electron chi connectivity index (χ4n) is 5.12. The van der Waals surface area contributed by atoms with Crippen molar-refractivity contribution in [1.82, 2.24) is 15.1 Å². The summed E-state index contributed by atoms with van der Waals surface area (Å²) in [4.78, 5) is 26.3. The standard InChI is InChI=1S/C30H45N3O5/c1-20(2)19-33-24(28-26(36-6)14-11-15-27(28)37-7)17-22(32-33)18-25(34)23(16-21-12-9-8-10-13-21)31-29(35)38-30(3,4)5/h11,14-15,17,20-21,23H,8-10,12-13,16,18-19H2,1-7H3,(H,31,35)/t23-/m0/s1. The van der Waals surface area contributed by atoms with Crippen molar-refractivity contribution in [1.29, 1.82) is 0 Å². The molecule has 1 aliphatic rings. The second kappa shape index (κ2) is 13.2. The van der Waals surface area contributed by atoms with E-state index in [2.05, 4.69) is 19.2 Å². The van der Waals surface area contributed by atoms with Crippen LogP contribution in [0.5, 0.6) is 11.5 Å². The number of aromatic nitrogens is 2. The maximum absolute atomic E-state index is 13.6. The normalized spacial score (nSPS) is 15.3. The van der Waals surface area contributed by atoms with Crippen molar-refractivity contribution in [3.05, 3.63) is 30.0 Å². The minimum atomic E-state index is -0.638. The zero-order chi connectivity index (χ0) is 27.9. The molecule has 8 nitrogen and oxygen atoms in total. The largest absolute Gasteiger partial charge is 0.496 e. The second-order valence-electron chi connectivity index (χ2n) is 11.7. The smallest absolute Gasteiger partial charge is 0.408 e. The van der Waals surface area contributed by atoms with Gasteiger partial charge in [-0.25, -0.2) is 4.79 Å². The SMILES string of the molecule is COc1cccc(OC)c1-c1cc(CC(=O)[C@H](CC2CCCCC2)NC(=O)OC(C)(C)C)nn1CC(C)C. The molecular formula is C30H45N3O5. The van der Waals surface area contributed by atoms with E-state index < -0.39 is 17.7 Å². The topological polar surface area (TPSA) is 91.7 Å². The zero-order valence-electron chi connectivity index (χ0n) is 24.1. The molecule has 1 aromatic heterocycles. The number of hydrogen-bond acceptors (Lipinski definition) is 6. The predicted molar refractivity (Wildman–Crippen MR) is 149 cm³/mol. The van der Waals surface area contributed by atoms with Gasteiger partial charge in [0.1, 0.15) is 17.1 Å². The van der Waals surface area contributed by atoms with E-state index in [0.717, 1.165) is 24.1 Å². The van der Waals surface area contributed by atoms with Gasteiger partial charge in [0.15, 0.2) is 5.78 Å². The van der Waals surface area contributed by atoms with E-state index in [1.54, 1.807) is 14.2 Å². The Morgan fingerprint density at radius 2 is 1.71 bits per heavy atom. The monoisotopic (exact) mass is 527 g/mol. The molecule has 1 saturated carbocycles. The molecule has 210 valence electrons. The van der Waals surface area contributed by atoms with E-state index in [9.17, 15) is 9.59 Å². The zero-order valence-corrected chi connectivity index (χ0v) is 24.1. The van der Waals surface area contributed by atoms with E-state index in [4.69, 9.17) is 19.3 Å². The Balaban J connectivity index is 1.90. The molecule has 38 heavy (non-hydrogen) atoms. The van der Waals surface area contributed by atoms with Crippen molar-refractivity contribution in [3.8, 4) is 22.8 Å². The summed E-state index contributed by atoms with van der Waals surface area (Å²) in [6.07, 6.45) is 5.92. The molecule has 1 atom stereocenters. The number of carbonyl (C=O) groups excluding carboxylic acids is 2. The lowest BCUT2D eigenvalue weighted by Gasteiger charge is -2.27. The average Bonchev–Trinajstić information content (AvgIpc) is 3.23. The number of benzene rings is 1. The summed E-state index contributed by atoms with van der Waals surface area (Å²) < 4.78 is 18.7. The summed E-state index contributed by atoms with van der Waals surface area (Å²) in [5, 5.41) is 7.70. The Kier molecular flexibility index (Phi) is 10.2. The molecule has 1 aromatic carbocycles. The number of rotatable bonds is 11. The van der Waals surface area contributed by atoms with Gasteiger partial charge in [0.2, 0.25) is 0 Å². The lowest BCUT2D eigenvalue weighted by molar-refractivity contribution is -0.121. The third-order valence-corrected chi connectivity index (χ3v) is 6.78. The molecule has 0 radical (unpaired) electrons. The lowest BCUT2D eigenvalue weighted by Crippen LogP contribution is -2.45. The molecule has 8 heteroatoms. The number of ketones is 1. The molecule has 0 aliphatic heterocycles. The summed E-state index contributed by atoms with van der Waals surface area (Å²) in [5.41, 5.74) is 1.65. The maximum atomic E-state index is 13.6. The van der Waals surface area contributed by atoms with Gasteiger partial charge >= 0.3 is 6.09 Å². The van der Waals surface area contributed by atoms with Crippen molar-refractivity contribution in [3.63, 3.8) is 0 Å². The van der Waals surface area contributed by atoms with Crippen LogP contribution in [0.2, 0.25) is 0 Å². The van der Waals surface area contributed by atoms with Crippen molar-refractivity contribution in [2.24, 2.45) is 11.8 Å².